The highest BCUT2D eigenvalue weighted by Crippen LogP contribution is 2.17. The van der Waals surface area contributed by atoms with E-state index in [0.717, 1.165) is 10.9 Å². The molecule has 4 aromatic rings. The van der Waals surface area contributed by atoms with Gasteiger partial charge in [0.25, 0.3) is 11.1 Å². The number of rotatable bonds is 5. The normalized spacial score (nSPS) is 12.1. The van der Waals surface area contributed by atoms with E-state index in [1.165, 1.54) is 10.7 Å². The van der Waals surface area contributed by atoms with Crippen molar-refractivity contribution in [2.24, 2.45) is 0 Å². The highest BCUT2D eigenvalue weighted by Gasteiger charge is 2.16. The standard InChI is InChI=1S/C21H18ClN5O2/c1-13(27-20(29)16-8-4-2-6-14(16)12-24-27)18-10-19(28)26-21(25-18)23-11-15-7-3-5-9-17(15)22/h2-10,12-13H,11H2,1H3,(H2,23,25,26,28)/t13-/m1/s1. The van der Waals surface area contributed by atoms with Crippen LogP contribution >= 0.6 is 11.6 Å². The number of nitrogens with one attached hydrogen (secondary N) is 2. The van der Waals surface area contributed by atoms with E-state index in [1.54, 1.807) is 31.3 Å². The van der Waals surface area contributed by atoms with Gasteiger partial charge in [-0.1, -0.05) is 48.0 Å². The summed E-state index contributed by atoms with van der Waals surface area (Å²) >= 11 is 6.17. The molecule has 29 heavy (non-hydrogen) atoms. The molecule has 0 saturated heterocycles. The van der Waals surface area contributed by atoms with E-state index in [4.69, 9.17) is 11.6 Å². The molecule has 0 unspecified atom stereocenters. The lowest BCUT2D eigenvalue weighted by Gasteiger charge is -2.15. The van der Waals surface area contributed by atoms with E-state index in [9.17, 15) is 9.59 Å². The number of H-pyrrole nitrogens is 1. The topological polar surface area (TPSA) is 92.7 Å². The molecule has 0 radical (unpaired) electrons. The predicted octanol–water partition coefficient (Wildman–Crippen LogP) is 3.35. The minimum Gasteiger partial charge on any atom is -0.352 e. The van der Waals surface area contributed by atoms with E-state index in [1.807, 2.05) is 30.3 Å². The third-order valence-electron chi connectivity index (χ3n) is 4.68. The Balaban J connectivity index is 1.65. The highest BCUT2D eigenvalue weighted by atomic mass is 35.5. The van der Waals surface area contributed by atoms with Gasteiger partial charge in [-0.2, -0.15) is 5.10 Å². The van der Waals surface area contributed by atoms with Crippen molar-refractivity contribution in [2.45, 2.75) is 19.5 Å². The molecule has 0 aliphatic carbocycles. The van der Waals surface area contributed by atoms with Crippen LogP contribution in [-0.2, 0) is 6.54 Å². The van der Waals surface area contributed by atoms with Crippen LogP contribution in [0.2, 0.25) is 5.02 Å². The number of hydrogen-bond donors (Lipinski definition) is 2. The Morgan fingerprint density at radius 1 is 1.14 bits per heavy atom. The van der Waals surface area contributed by atoms with Crippen LogP contribution in [0.4, 0.5) is 5.95 Å². The molecule has 2 aromatic carbocycles. The maximum atomic E-state index is 12.8. The smallest absolute Gasteiger partial charge is 0.275 e. The molecule has 146 valence electrons. The van der Waals surface area contributed by atoms with Gasteiger partial charge in [0.05, 0.1) is 23.3 Å². The molecule has 0 amide bonds. The van der Waals surface area contributed by atoms with Crippen LogP contribution < -0.4 is 16.4 Å². The Labute approximate surface area is 171 Å². The van der Waals surface area contributed by atoms with Crippen LogP contribution in [0.1, 0.15) is 24.2 Å². The van der Waals surface area contributed by atoms with Gasteiger partial charge in [-0.05, 0) is 24.6 Å². The third-order valence-corrected chi connectivity index (χ3v) is 5.05. The molecule has 0 bridgehead atoms. The summed E-state index contributed by atoms with van der Waals surface area (Å²) in [5, 5.41) is 9.29. The van der Waals surface area contributed by atoms with Gasteiger partial charge < -0.3 is 5.32 Å². The van der Waals surface area contributed by atoms with Gasteiger partial charge in [-0.25, -0.2) is 9.67 Å². The first-order valence-electron chi connectivity index (χ1n) is 9.08. The van der Waals surface area contributed by atoms with Crippen molar-refractivity contribution in [1.29, 1.82) is 0 Å². The van der Waals surface area contributed by atoms with Crippen molar-refractivity contribution in [3.05, 3.63) is 97.8 Å². The van der Waals surface area contributed by atoms with E-state index in [2.05, 4.69) is 20.4 Å². The number of halogens is 1. The first kappa shape index (κ1) is 18.9. The lowest BCUT2D eigenvalue weighted by Crippen LogP contribution is -2.28. The molecule has 0 saturated carbocycles. The number of aromatic amines is 1. The number of nitrogens with zero attached hydrogens (tertiary/aromatic N) is 3. The van der Waals surface area contributed by atoms with Crippen molar-refractivity contribution in [3.8, 4) is 0 Å². The summed E-state index contributed by atoms with van der Waals surface area (Å²) in [6, 6.07) is 15.5. The Morgan fingerprint density at radius 2 is 1.90 bits per heavy atom. The number of aromatic nitrogens is 4. The summed E-state index contributed by atoms with van der Waals surface area (Å²) in [6.45, 7) is 2.18. The number of hydrogen-bond acceptors (Lipinski definition) is 5. The predicted molar refractivity (Wildman–Crippen MR) is 113 cm³/mol. The number of benzene rings is 2. The molecule has 0 aliphatic rings. The fourth-order valence-corrected chi connectivity index (χ4v) is 3.30. The van der Waals surface area contributed by atoms with Crippen molar-refractivity contribution < 1.29 is 0 Å². The zero-order chi connectivity index (χ0) is 20.4. The Kier molecular flexibility index (Phi) is 5.14. The van der Waals surface area contributed by atoms with Crippen LogP contribution in [0.15, 0.2) is 70.4 Å². The molecular weight excluding hydrogens is 390 g/mol. The summed E-state index contributed by atoms with van der Waals surface area (Å²) in [7, 11) is 0. The Bertz CT molecular complexity index is 1300. The second-order valence-electron chi connectivity index (χ2n) is 6.62. The van der Waals surface area contributed by atoms with E-state index >= 15 is 0 Å². The Hall–Kier alpha value is -3.45. The van der Waals surface area contributed by atoms with E-state index in [-0.39, 0.29) is 11.1 Å². The van der Waals surface area contributed by atoms with Crippen molar-refractivity contribution >= 4 is 28.3 Å². The minimum absolute atomic E-state index is 0.233. The van der Waals surface area contributed by atoms with Crippen molar-refractivity contribution in [2.75, 3.05) is 5.32 Å². The molecule has 8 heteroatoms. The largest absolute Gasteiger partial charge is 0.352 e. The molecule has 0 aliphatic heterocycles. The molecule has 7 nitrogen and oxygen atoms in total. The van der Waals surface area contributed by atoms with Gasteiger partial charge in [0.15, 0.2) is 0 Å². The molecule has 2 N–H and O–H groups in total. The summed E-state index contributed by atoms with van der Waals surface area (Å²) in [5.41, 5.74) is 0.753. The first-order valence-corrected chi connectivity index (χ1v) is 9.46. The average Bonchev–Trinajstić information content (AvgIpc) is 2.73. The minimum atomic E-state index is -0.518. The van der Waals surface area contributed by atoms with Crippen LogP contribution in [0.25, 0.3) is 10.8 Å². The number of fused-ring (bicyclic) bond motifs is 1. The molecule has 2 aromatic heterocycles. The van der Waals surface area contributed by atoms with Crippen molar-refractivity contribution in [1.82, 2.24) is 19.7 Å². The summed E-state index contributed by atoms with van der Waals surface area (Å²) in [4.78, 5) is 32.1. The Morgan fingerprint density at radius 3 is 2.72 bits per heavy atom. The fourth-order valence-electron chi connectivity index (χ4n) is 3.10. The SMILES string of the molecule is C[C@H](c1cc(=O)[nH]c(NCc2ccccc2Cl)n1)n1ncc2ccccc2c1=O. The molecule has 0 fully saturated rings. The highest BCUT2D eigenvalue weighted by molar-refractivity contribution is 6.31. The van der Waals surface area contributed by atoms with Crippen LogP contribution in [0, 0.1) is 0 Å². The zero-order valence-corrected chi connectivity index (χ0v) is 16.3. The molecule has 1 atom stereocenters. The second kappa shape index (κ2) is 7.89. The van der Waals surface area contributed by atoms with Gasteiger partial charge in [-0.3, -0.25) is 14.6 Å². The van der Waals surface area contributed by atoms with Gasteiger partial charge in [0.1, 0.15) is 0 Å². The van der Waals surface area contributed by atoms with Gasteiger partial charge in [0, 0.05) is 23.0 Å². The second-order valence-corrected chi connectivity index (χ2v) is 7.03. The maximum absolute atomic E-state index is 12.8. The van der Waals surface area contributed by atoms with Crippen LogP contribution in [0.3, 0.4) is 0 Å². The number of anilines is 1. The monoisotopic (exact) mass is 407 g/mol. The molecule has 2 heterocycles. The van der Waals surface area contributed by atoms with E-state index < -0.39 is 6.04 Å². The van der Waals surface area contributed by atoms with Crippen LogP contribution in [-0.4, -0.2) is 19.7 Å². The van der Waals surface area contributed by atoms with Gasteiger partial charge >= 0.3 is 0 Å². The summed E-state index contributed by atoms with van der Waals surface area (Å²) in [5.74, 6) is 0.299. The van der Waals surface area contributed by atoms with Crippen LogP contribution in [0.5, 0.6) is 0 Å². The summed E-state index contributed by atoms with van der Waals surface area (Å²) in [6.07, 6.45) is 1.64. The van der Waals surface area contributed by atoms with Gasteiger partial charge in [0.2, 0.25) is 5.95 Å². The zero-order valence-electron chi connectivity index (χ0n) is 15.6. The summed E-state index contributed by atoms with van der Waals surface area (Å²) < 4.78 is 1.34. The molecule has 4 rings (SSSR count). The fraction of sp³-hybridized carbons (Fsp3) is 0.143. The first-order chi connectivity index (χ1) is 14.0. The van der Waals surface area contributed by atoms with E-state index in [0.29, 0.717) is 28.6 Å². The lowest BCUT2D eigenvalue weighted by atomic mass is 10.2. The maximum Gasteiger partial charge on any atom is 0.275 e. The molecular formula is C21H18ClN5O2. The molecule has 0 spiro atoms. The van der Waals surface area contributed by atoms with Crippen molar-refractivity contribution in [3.63, 3.8) is 0 Å². The third kappa shape index (κ3) is 3.90. The lowest BCUT2D eigenvalue weighted by molar-refractivity contribution is 0.524. The quantitative estimate of drug-likeness (QED) is 0.529. The average molecular weight is 408 g/mol. The van der Waals surface area contributed by atoms with Gasteiger partial charge in [-0.15, -0.1) is 0 Å².